The van der Waals surface area contributed by atoms with Crippen LogP contribution >= 0.6 is 34.0 Å². The maximum absolute atomic E-state index is 2.24. The van der Waals surface area contributed by atoms with E-state index in [1.165, 1.54) is 32.0 Å². The molecule has 3 heterocycles. The summed E-state index contributed by atoms with van der Waals surface area (Å²) >= 11 is 5.39. The fourth-order valence-electron chi connectivity index (χ4n) is 2.46. The van der Waals surface area contributed by atoms with E-state index in [2.05, 4.69) is 70.1 Å². The Kier molecular flexibility index (Phi) is 4.74. The zero-order valence-corrected chi connectivity index (χ0v) is 13.6. The number of benzene rings is 1. The second-order valence-corrected chi connectivity index (χ2v) is 7.32. The molecule has 4 aromatic rings. The molecule has 0 saturated heterocycles. The lowest BCUT2D eigenvalue weighted by molar-refractivity contribution is 1.69. The lowest BCUT2D eigenvalue weighted by Gasteiger charge is -2.05. The minimum absolute atomic E-state index is 0. The maximum atomic E-state index is 2.24. The van der Waals surface area contributed by atoms with Gasteiger partial charge in [-0.25, -0.2) is 0 Å². The van der Waals surface area contributed by atoms with Crippen LogP contribution in [0.25, 0.3) is 32.0 Å². The summed E-state index contributed by atoms with van der Waals surface area (Å²) < 4.78 is 0. The van der Waals surface area contributed by atoms with E-state index >= 15 is 0 Å². The Hall–Kier alpha value is -1.46. The molecule has 4 heteroatoms. The van der Waals surface area contributed by atoms with Crippen LogP contribution in [0.3, 0.4) is 0 Å². The quantitative estimate of drug-likeness (QED) is 0.430. The molecule has 0 aliphatic rings. The second kappa shape index (κ2) is 6.75. The average Bonchev–Trinajstić information content (AvgIpc) is 3.27. The predicted octanol–water partition coefficient (Wildman–Crippen LogP) is 5.42. The first-order valence-corrected chi connectivity index (χ1v) is 9.37. The molecule has 0 bridgehead atoms. The van der Waals surface area contributed by atoms with Gasteiger partial charge < -0.3 is 0 Å². The summed E-state index contributed by atoms with van der Waals surface area (Å²) in [5.41, 5.74) is 5.31. The van der Waals surface area contributed by atoms with Crippen LogP contribution < -0.4 is 0 Å². The SMILES string of the molecule is [SiH4].c1ccc(-c2sccc2-c2sccc2-c2ccsc2)cc1. The molecule has 4 rings (SSSR count). The van der Waals surface area contributed by atoms with Crippen LogP contribution in [0.15, 0.2) is 70.1 Å². The molecule has 110 valence electrons. The lowest BCUT2D eigenvalue weighted by atomic mass is 10.0. The molecule has 0 radical (unpaired) electrons. The molecule has 22 heavy (non-hydrogen) atoms. The zero-order chi connectivity index (χ0) is 14.1. The highest BCUT2D eigenvalue weighted by atomic mass is 32.1. The van der Waals surface area contributed by atoms with Crippen molar-refractivity contribution in [3.63, 3.8) is 0 Å². The van der Waals surface area contributed by atoms with Crippen LogP contribution in [-0.2, 0) is 0 Å². The molecule has 1 aromatic carbocycles. The molecule has 0 aliphatic carbocycles. The zero-order valence-electron chi connectivity index (χ0n) is 11.2. The third kappa shape index (κ3) is 2.75. The van der Waals surface area contributed by atoms with Gasteiger partial charge in [0.15, 0.2) is 0 Å². The number of hydrogen-bond acceptors (Lipinski definition) is 3. The Morgan fingerprint density at radius 1 is 0.591 bits per heavy atom. The van der Waals surface area contributed by atoms with E-state index in [4.69, 9.17) is 0 Å². The van der Waals surface area contributed by atoms with Crippen molar-refractivity contribution in [1.29, 1.82) is 0 Å². The summed E-state index contributed by atoms with van der Waals surface area (Å²) in [7, 11) is 0. The third-order valence-corrected chi connectivity index (χ3v) is 6.04. The molecule has 0 nitrogen and oxygen atoms in total. The number of rotatable bonds is 3. The van der Waals surface area contributed by atoms with E-state index < -0.39 is 0 Å². The van der Waals surface area contributed by atoms with Gasteiger partial charge in [-0.15, -0.1) is 22.7 Å². The van der Waals surface area contributed by atoms with Gasteiger partial charge in [0.25, 0.3) is 0 Å². The largest absolute Gasteiger partial charge is 0.152 e. The average molecular weight is 357 g/mol. The summed E-state index contributed by atoms with van der Waals surface area (Å²) in [4.78, 5) is 2.73. The lowest BCUT2D eigenvalue weighted by Crippen LogP contribution is -1.78. The molecule has 3 aromatic heterocycles. The van der Waals surface area contributed by atoms with Crippen LogP contribution in [-0.4, -0.2) is 11.0 Å². The van der Waals surface area contributed by atoms with E-state index in [1.807, 2.05) is 22.7 Å². The van der Waals surface area contributed by atoms with E-state index in [9.17, 15) is 0 Å². The number of hydrogen-bond donors (Lipinski definition) is 0. The van der Waals surface area contributed by atoms with E-state index in [0.717, 1.165) is 0 Å². The molecule has 0 amide bonds. The van der Waals surface area contributed by atoms with Crippen LogP contribution in [0, 0.1) is 0 Å². The first kappa shape index (κ1) is 15.4. The van der Waals surface area contributed by atoms with Crippen molar-refractivity contribution < 1.29 is 0 Å². The Labute approximate surface area is 146 Å². The van der Waals surface area contributed by atoms with E-state index in [1.54, 1.807) is 11.3 Å². The van der Waals surface area contributed by atoms with Crippen molar-refractivity contribution in [2.45, 2.75) is 0 Å². The molecule has 0 atom stereocenters. The first-order chi connectivity index (χ1) is 10.4. The van der Waals surface area contributed by atoms with Crippen LogP contribution in [0.5, 0.6) is 0 Å². The van der Waals surface area contributed by atoms with Crippen LogP contribution in [0.2, 0.25) is 0 Å². The standard InChI is InChI=1S/C18H12S3.H4Si/c1-2-4-13(5-3-1)17-16(8-11-20-17)18-15(7-10-21-18)14-6-9-19-12-14;/h1-12H;1H4. The third-order valence-electron chi connectivity index (χ3n) is 3.44. The minimum atomic E-state index is 0. The van der Waals surface area contributed by atoms with Crippen molar-refractivity contribution in [2.75, 3.05) is 0 Å². The normalized spacial score (nSPS) is 10.4. The molecular weight excluding hydrogens is 340 g/mol. The minimum Gasteiger partial charge on any atom is -0.152 e. The van der Waals surface area contributed by atoms with Gasteiger partial charge in [0.05, 0.1) is 0 Å². The fourth-order valence-corrected chi connectivity index (χ4v) is 5.04. The second-order valence-electron chi connectivity index (χ2n) is 4.70. The molecule has 0 saturated carbocycles. The van der Waals surface area contributed by atoms with Crippen molar-refractivity contribution >= 4 is 45.0 Å². The van der Waals surface area contributed by atoms with Crippen LogP contribution in [0.1, 0.15) is 0 Å². The molecule has 0 N–H and O–H groups in total. The van der Waals surface area contributed by atoms with Crippen molar-refractivity contribution in [2.24, 2.45) is 0 Å². The molecular formula is C18H16S3Si. The highest BCUT2D eigenvalue weighted by Gasteiger charge is 2.15. The van der Waals surface area contributed by atoms with E-state index in [-0.39, 0.29) is 11.0 Å². The summed E-state index contributed by atoms with van der Waals surface area (Å²) in [5, 5.41) is 8.74. The summed E-state index contributed by atoms with van der Waals surface area (Å²) in [5.74, 6) is 0. The Balaban J connectivity index is 0.00000144. The summed E-state index contributed by atoms with van der Waals surface area (Å²) in [6.45, 7) is 0. The fraction of sp³-hybridized carbons (Fsp3) is 0. The highest BCUT2D eigenvalue weighted by molar-refractivity contribution is 7.17. The molecule has 0 unspecified atom stereocenters. The number of thiophene rings is 3. The topological polar surface area (TPSA) is 0 Å². The maximum Gasteiger partial charge on any atom is 0.0436 e. The van der Waals surface area contributed by atoms with E-state index in [0.29, 0.717) is 0 Å². The Morgan fingerprint density at radius 3 is 2.05 bits per heavy atom. The molecule has 0 aliphatic heterocycles. The van der Waals surface area contributed by atoms with Gasteiger partial charge in [-0.05, 0) is 61.8 Å². The van der Waals surface area contributed by atoms with Gasteiger partial charge in [-0.2, -0.15) is 11.3 Å². The smallest absolute Gasteiger partial charge is 0.0436 e. The van der Waals surface area contributed by atoms with Gasteiger partial charge in [-0.1, -0.05) is 30.3 Å². The van der Waals surface area contributed by atoms with Gasteiger partial charge in [-0.3, -0.25) is 0 Å². The predicted molar refractivity (Wildman–Crippen MR) is 108 cm³/mol. The van der Waals surface area contributed by atoms with Crippen molar-refractivity contribution in [1.82, 2.24) is 0 Å². The molecule has 0 spiro atoms. The van der Waals surface area contributed by atoms with Crippen molar-refractivity contribution in [3.8, 4) is 32.0 Å². The highest BCUT2D eigenvalue weighted by Crippen LogP contribution is 2.44. The van der Waals surface area contributed by atoms with Gasteiger partial charge in [0.1, 0.15) is 0 Å². The molecule has 0 fully saturated rings. The Bertz CT molecular complexity index is 842. The van der Waals surface area contributed by atoms with Crippen molar-refractivity contribution in [3.05, 3.63) is 70.1 Å². The van der Waals surface area contributed by atoms with Gasteiger partial charge >= 0.3 is 0 Å². The van der Waals surface area contributed by atoms with Gasteiger partial charge in [0.2, 0.25) is 0 Å². The summed E-state index contributed by atoms with van der Waals surface area (Å²) in [6, 6.07) is 17.3. The first-order valence-electron chi connectivity index (χ1n) is 6.67. The summed E-state index contributed by atoms with van der Waals surface area (Å²) in [6.07, 6.45) is 0. The monoisotopic (exact) mass is 356 g/mol. The van der Waals surface area contributed by atoms with Crippen LogP contribution in [0.4, 0.5) is 0 Å². The Morgan fingerprint density at radius 2 is 1.32 bits per heavy atom. The van der Waals surface area contributed by atoms with Gasteiger partial charge in [0, 0.05) is 20.9 Å².